The standard InChI is InChI=1S/C13H13BrN2O5/c14-9-3-8(4-10(5-9)16(20)21)13(19)15-11(6-12(17)18)7-1-2-7/h3-5,7,11H,1-2,6H2,(H,15,19)(H,17,18). The quantitative estimate of drug-likeness (QED) is 0.600. The topological polar surface area (TPSA) is 110 Å². The molecule has 0 aliphatic heterocycles. The number of nitrogens with one attached hydrogen (secondary N) is 1. The van der Waals surface area contributed by atoms with E-state index in [2.05, 4.69) is 21.2 Å². The van der Waals surface area contributed by atoms with Gasteiger partial charge in [-0.3, -0.25) is 19.7 Å². The van der Waals surface area contributed by atoms with Crippen molar-refractivity contribution in [1.82, 2.24) is 5.32 Å². The van der Waals surface area contributed by atoms with Gasteiger partial charge in [-0.1, -0.05) is 15.9 Å². The number of carboxylic acid groups (broad SMARTS) is 1. The largest absolute Gasteiger partial charge is 0.481 e. The third kappa shape index (κ3) is 4.25. The summed E-state index contributed by atoms with van der Waals surface area (Å²) in [6.45, 7) is 0. The van der Waals surface area contributed by atoms with Crippen LogP contribution in [0.1, 0.15) is 29.6 Å². The molecule has 1 unspecified atom stereocenters. The number of non-ortho nitro benzene ring substituents is 1. The lowest BCUT2D eigenvalue weighted by atomic mass is 10.1. The van der Waals surface area contributed by atoms with E-state index >= 15 is 0 Å². The molecule has 21 heavy (non-hydrogen) atoms. The zero-order valence-corrected chi connectivity index (χ0v) is 12.5. The second kappa shape index (κ2) is 6.21. The maximum Gasteiger partial charge on any atom is 0.305 e. The minimum atomic E-state index is -0.979. The van der Waals surface area contributed by atoms with Crippen molar-refractivity contribution in [3.63, 3.8) is 0 Å². The molecule has 7 nitrogen and oxygen atoms in total. The first-order valence-corrected chi connectivity index (χ1v) is 7.13. The second-order valence-corrected chi connectivity index (χ2v) is 5.89. The van der Waals surface area contributed by atoms with Gasteiger partial charge in [-0.25, -0.2) is 0 Å². The van der Waals surface area contributed by atoms with Crippen LogP contribution in [0.3, 0.4) is 0 Å². The lowest BCUT2D eigenvalue weighted by molar-refractivity contribution is -0.385. The number of carboxylic acids is 1. The highest BCUT2D eigenvalue weighted by molar-refractivity contribution is 9.10. The van der Waals surface area contributed by atoms with E-state index < -0.39 is 22.8 Å². The van der Waals surface area contributed by atoms with Gasteiger partial charge in [-0.05, 0) is 24.8 Å². The Bertz CT molecular complexity index is 600. The molecule has 0 radical (unpaired) electrons. The van der Waals surface area contributed by atoms with Gasteiger partial charge in [0.15, 0.2) is 0 Å². The smallest absolute Gasteiger partial charge is 0.305 e. The van der Waals surface area contributed by atoms with Crippen molar-refractivity contribution in [2.75, 3.05) is 0 Å². The average molecular weight is 357 g/mol. The summed E-state index contributed by atoms with van der Waals surface area (Å²) >= 11 is 3.12. The van der Waals surface area contributed by atoms with Crippen molar-refractivity contribution in [1.29, 1.82) is 0 Å². The first-order chi connectivity index (χ1) is 9.86. The molecule has 8 heteroatoms. The summed E-state index contributed by atoms with van der Waals surface area (Å²) in [5, 5.41) is 22.3. The van der Waals surface area contributed by atoms with Crippen LogP contribution in [0.25, 0.3) is 0 Å². The molecule has 2 N–H and O–H groups in total. The number of hydrogen-bond acceptors (Lipinski definition) is 4. The van der Waals surface area contributed by atoms with E-state index in [1.807, 2.05) is 0 Å². The van der Waals surface area contributed by atoms with Crippen molar-refractivity contribution in [3.05, 3.63) is 38.3 Å². The molecule has 0 saturated heterocycles. The summed E-state index contributed by atoms with van der Waals surface area (Å²) < 4.78 is 0.419. The predicted molar refractivity (Wildman–Crippen MR) is 77.0 cm³/mol. The Balaban J connectivity index is 2.15. The minimum absolute atomic E-state index is 0.132. The number of benzene rings is 1. The number of nitro groups is 1. The molecule has 1 saturated carbocycles. The van der Waals surface area contributed by atoms with Gasteiger partial charge in [0.1, 0.15) is 0 Å². The maximum absolute atomic E-state index is 12.1. The van der Waals surface area contributed by atoms with E-state index in [1.165, 1.54) is 18.2 Å². The normalized spacial score (nSPS) is 15.3. The van der Waals surface area contributed by atoms with Crippen LogP contribution in [0.4, 0.5) is 5.69 Å². The number of aliphatic carboxylic acids is 1. The molecule has 2 rings (SSSR count). The molecule has 1 aliphatic carbocycles. The van der Waals surface area contributed by atoms with Gasteiger partial charge in [-0.15, -0.1) is 0 Å². The number of halogens is 1. The van der Waals surface area contributed by atoms with Gasteiger partial charge in [0.2, 0.25) is 0 Å². The van der Waals surface area contributed by atoms with Crippen LogP contribution in [0.5, 0.6) is 0 Å². The van der Waals surface area contributed by atoms with Crippen molar-refractivity contribution < 1.29 is 19.6 Å². The Morgan fingerprint density at radius 3 is 2.62 bits per heavy atom. The number of nitro benzene ring substituents is 1. The molecule has 1 aromatic rings. The molecule has 1 aromatic carbocycles. The Morgan fingerprint density at radius 2 is 2.10 bits per heavy atom. The molecule has 0 heterocycles. The van der Waals surface area contributed by atoms with E-state index in [0.29, 0.717) is 4.47 Å². The monoisotopic (exact) mass is 356 g/mol. The Kier molecular flexibility index (Phi) is 4.56. The van der Waals surface area contributed by atoms with Crippen LogP contribution in [0.2, 0.25) is 0 Å². The van der Waals surface area contributed by atoms with Crippen LogP contribution >= 0.6 is 15.9 Å². The zero-order valence-electron chi connectivity index (χ0n) is 10.9. The van der Waals surface area contributed by atoms with Crippen molar-refractivity contribution >= 4 is 33.5 Å². The fourth-order valence-corrected chi connectivity index (χ4v) is 2.57. The summed E-state index contributed by atoms with van der Waals surface area (Å²) in [4.78, 5) is 33.2. The summed E-state index contributed by atoms with van der Waals surface area (Å²) in [5.41, 5.74) is -0.0668. The van der Waals surface area contributed by atoms with Gasteiger partial charge in [0, 0.05) is 28.2 Å². The van der Waals surface area contributed by atoms with E-state index in [9.17, 15) is 19.7 Å². The molecule has 0 bridgehead atoms. The predicted octanol–water partition coefficient (Wildman–Crippen LogP) is 2.34. The number of hydrogen-bond donors (Lipinski definition) is 2. The molecule has 0 aromatic heterocycles. The van der Waals surface area contributed by atoms with E-state index in [4.69, 9.17) is 5.11 Å². The molecule has 112 valence electrons. The molecule has 1 fully saturated rings. The van der Waals surface area contributed by atoms with Crippen molar-refractivity contribution in [3.8, 4) is 0 Å². The molecular weight excluding hydrogens is 344 g/mol. The highest BCUT2D eigenvalue weighted by atomic mass is 79.9. The number of rotatable bonds is 6. The third-order valence-electron chi connectivity index (χ3n) is 3.26. The second-order valence-electron chi connectivity index (χ2n) is 4.97. The van der Waals surface area contributed by atoms with Crippen LogP contribution in [0, 0.1) is 16.0 Å². The van der Waals surface area contributed by atoms with Crippen LogP contribution < -0.4 is 5.32 Å². The number of carbonyl (C=O) groups is 2. The number of amides is 1. The summed E-state index contributed by atoms with van der Waals surface area (Å²) in [6.07, 6.45) is 1.63. The Labute approximate surface area is 128 Å². The SMILES string of the molecule is O=C(O)CC(NC(=O)c1cc(Br)cc([N+](=O)[O-])c1)C1CC1. The fraction of sp³-hybridized carbons (Fsp3) is 0.385. The first kappa shape index (κ1) is 15.4. The van der Waals surface area contributed by atoms with Gasteiger partial charge in [-0.2, -0.15) is 0 Å². The van der Waals surface area contributed by atoms with Crippen molar-refractivity contribution in [2.24, 2.45) is 5.92 Å². The summed E-state index contributed by atoms with van der Waals surface area (Å²) in [6, 6.07) is 3.50. The highest BCUT2D eigenvalue weighted by Crippen LogP contribution is 2.34. The van der Waals surface area contributed by atoms with Crippen LogP contribution in [-0.2, 0) is 4.79 Å². The summed E-state index contributed by atoms with van der Waals surface area (Å²) in [7, 11) is 0. The van der Waals surface area contributed by atoms with Crippen LogP contribution in [0.15, 0.2) is 22.7 Å². The molecule has 0 spiro atoms. The fourth-order valence-electron chi connectivity index (χ4n) is 2.08. The average Bonchev–Trinajstić information content (AvgIpc) is 3.20. The lowest BCUT2D eigenvalue weighted by Gasteiger charge is -2.16. The highest BCUT2D eigenvalue weighted by Gasteiger charge is 2.34. The van der Waals surface area contributed by atoms with Gasteiger partial charge >= 0.3 is 5.97 Å². The first-order valence-electron chi connectivity index (χ1n) is 6.34. The molecular formula is C13H13BrN2O5. The maximum atomic E-state index is 12.1. The van der Waals surface area contributed by atoms with Gasteiger partial charge < -0.3 is 10.4 Å². The van der Waals surface area contributed by atoms with Gasteiger partial charge in [0.25, 0.3) is 11.6 Å². The van der Waals surface area contributed by atoms with E-state index in [0.717, 1.165) is 12.8 Å². The number of nitrogens with zero attached hydrogens (tertiary/aromatic N) is 1. The summed E-state index contributed by atoms with van der Waals surface area (Å²) in [5.74, 6) is -1.31. The van der Waals surface area contributed by atoms with E-state index in [-0.39, 0.29) is 23.6 Å². The van der Waals surface area contributed by atoms with Crippen molar-refractivity contribution in [2.45, 2.75) is 25.3 Å². The Morgan fingerprint density at radius 1 is 1.43 bits per heavy atom. The molecule has 1 amide bonds. The third-order valence-corrected chi connectivity index (χ3v) is 3.72. The van der Waals surface area contributed by atoms with E-state index in [1.54, 1.807) is 0 Å². The van der Waals surface area contributed by atoms with Gasteiger partial charge in [0.05, 0.1) is 11.3 Å². The Hall–Kier alpha value is -1.96. The molecule has 1 aliphatic rings. The lowest BCUT2D eigenvalue weighted by Crippen LogP contribution is -2.38. The molecule has 1 atom stereocenters. The minimum Gasteiger partial charge on any atom is -0.481 e. The zero-order chi connectivity index (χ0) is 15.6. The number of carbonyl (C=O) groups excluding carboxylic acids is 1. The van der Waals surface area contributed by atoms with Crippen LogP contribution in [-0.4, -0.2) is 27.9 Å².